The van der Waals surface area contributed by atoms with E-state index in [2.05, 4.69) is 26.0 Å². The van der Waals surface area contributed by atoms with Crippen molar-refractivity contribution in [2.24, 2.45) is 0 Å². The number of aromatic nitrogens is 1. The summed E-state index contributed by atoms with van der Waals surface area (Å²) in [5.74, 6) is 1.03. The van der Waals surface area contributed by atoms with Gasteiger partial charge in [0.05, 0.1) is 0 Å². The van der Waals surface area contributed by atoms with Crippen molar-refractivity contribution in [1.29, 1.82) is 0 Å². The van der Waals surface area contributed by atoms with E-state index < -0.39 is 0 Å². The third-order valence-electron chi connectivity index (χ3n) is 3.25. The summed E-state index contributed by atoms with van der Waals surface area (Å²) in [4.78, 5) is 11.8. The Balaban J connectivity index is 2.17. The second-order valence-electron chi connectivity index (χ2n) is 4.95. The van der Waals surface area contributed by atoms with Crippen LogP contribution in [0.3, 0.4) is 0 Å². The molecular weight excluding hydrogens is 238 g/mol. The molecule has 2 heterocycles. The highest BCUT2D eigenvalue weighted by Crippen LogP contribution is 2.25. The van der Waals surface area contributed by atoms with Crippen LogP contribution in [0.5, 0.6) is 0 Å². The van der Waals surface area contributed by atoms with Gasteiger partial charge in [0.2, 0.25) is 5.88 Å². The Hall–Kier alpha value is -2.29. The Morgan fingerprint density at radius 1 is 1.11 bits per heavy atom. The van der Waals surface area contributed by atoms with Crippen molar-refractivity contribution >= 4 is 11.0 Å². The first-order chi connectivity index (χ1) is 9.15. The zero-order valence-corrected chi connectivity index (χ0v) is 11.0. The Kier molecular flexibility index (Phi) is 2.75. The average Bonchev–Trinajstić information content (AvgIpc) is 2.81. The van der Waals surface area contributed by atoms with Gasteiger partial charge in [-0.3, -0.25) is 9.36 Å². The summed E-state index contributed by atoms with van der Waals surface area (Å²) in [5.41, 5.74) is 1.97. The van der Waals surface area contributed by atoms with Gasteiger partial charge in [-0.1, -0.05) is 26.0 Å². The third-order valence-corrected chi connectivity index (χ3v) is 3.25. The molecule has 2 aromatic heterocycles. The molecule has 3 rings (SSSR count). The monoisotopic (exact) mass is 253 g/mol. The standard InChI is InChI=1S/C16H15NO2/c1-11(2)12-6-7-14-13(9-12)10-16(19-14)17-8-4-3-5-15(17)18/h3-11H,1-2H3. The van der Waals surface area contributed by atoms with Gasteiger partial charge in [0, 0.05) is 23.7 Å². The van der Waals surface area contributed by atoms with Crippen molar-refractivity contribution in [3.8, 4) is 5.88 Å². The van der Waals surface area contributed by atoms with E-state index in [4.69, 9.17) is 4.42 Å². The van der Waals surface area contributed by atoms with Crippen LogP contribution >= 0.6 is 0 Å². The van der Waals surface area contributed by atoms with Gasteiger partial charge in [-0.2, -0.15) is 0 Å². The molecule has 0 radical (unpaired) electrons. The van der Waals surface area contributed by atoms with Gasteiger partial charge in [-0.05, 0) is 29.7 Å². The molecule has 0 amide bonds. The molecule has 0 aliphatic carbocycles. The maximum atomic E-state index is 11.8. The highest BCUT2D eigenvalue weighted by molar-refractivity contribution is 5.80. The minimum atomic E-state index is -0.0920. The molecule has 3 heteroatoms. The first-order valence-corrected chi connectivity index (χ1v) is 6.37. The molecule has 0 aliphatic heterocycles. The number of pyridine rings is 1. The highest BCUT2D eigenvalue weighted by Gasteiger charge is 2.08. The number of benzene rings is 1. The molecule has 0 aliphatic rings. The molecule has 3 aromatic rings. The number of nitrogens with zero attached hydrogens (tertiary/aromatic N) is 1. The van der Waals surface area contributed by atoms with E-state index in [0.29, 0.717) is 11.8 Å². The first-order valence-electron chi connectivity index (χ1n) is 6.37. The van der Waals surface area contributed by atoms with Crippen molar-refractivity contribution < 1.29 is 4.42 Å². The molecular formula is C16H15NO2. The quantitative estimate of drug-likeness (QED) is 0.698. The lowest BCUT2D eigenvalue weighted by atomic mass is 10.0. The molecule has 1 aromatic carbocycles. The van der Waals surface area contributed by atoms with Gasteiger partial charge in [0.1, 0.15) is 5.58 Å². The Bertz CT molecular complexity index is 781. The minimum Gasteiger partial charge on any atom is -0.440 e. The van der Waals surface area contributed by atoms with Crippen LogP contribution in [0.1, 0.15) is 25.3 Å². The summed E-state index contributed by atoms with van der Waals surface area (Å²) in [7, 11) is 0. The molecule has 0 saturated heterocycles. The molecule has 0 unspecified atom stereocenters. The lowest BCUT2D eigenvalue weighted by Gasteiger charge is -2.03. The van der Waals surface area contributed by atoms with Gasteiger partial charge >= 0.3 is 0 Å². The lowest BCUT2D eigenvalue weighted by Crippen LogP contribution is -2.14. The van der Waals surface area contributed by atoms with Crippen molar-refractivity contribution in [3.63, 3.8) is 0 Å². The SMILES string of the molecule is CC(C)c1ccc2oc(-n3ccccc3=O)cc2c1. The lowest BCUT2D eigenvalue weighted by molar-refractivity contribution is 0.574. The second kappa shape index (κ2) is 4.43. The summed E-state index contributed by atoms with van der Waals surface area (Å²) in [6, 6.07) is 13.1. The zero-order chi connectivity index (χ0) is 13.4. The van der Waals surface area contributed by atoms with Gasteiger partial charge in [-0.15, -0.1) is 0 Å². The third kappa shape index (κ3) is 2.08. The normalized spacial score (nSPS) is 11.3. The van der Waals surface area contributed by atoms with Crippen molar-refractivity contribution in [3.05, 3.63) is 64.6 Å². The summed E-state index contributed by atoms with van der Waals surface area (Å²) >= 11 is 0. The van der Waals surface area contributed by atoms with E-state index in [1.165, 1.54) is 16.2 Å². The fourth-order valence-corrected chi connectivity index (χ4v) is 2.14. The van der Waals surface area contributed by atoms with E-state index in [0.717, 1.165) is 11.0 Å². The summed E-state index contributed by atoms with van der Waals surface area (Å²) in [6.07, 6.45) is 1.71. The van der Waals surface area contributed by atoms with E-state index in [1.54, 1.807) is 12.3 Å². The first kappa shape index (κ1) is 11.8. The Morgan fingerprint density at radius 2 is 1.95 bits per heavy atom. The van der Waals surface area contributed by atoms with Crippen LogP contribution in [-0.4, -0.2) is 4.57 Å². The van der Waals surface area contributed by atoms with Gasteiger partial charge in [-0.25, -0.2) is 0 Å². The van der Waals surface area contributed by atoms with E-state index in [9.17, 15) is 4.79 Å². The van der Waals surface area contributed by atoms with E-state index in [-0.39, 0.29) is 5.56 Å². The fourth-order valence-electron chi connectivity index (χ4n) is 2.14. The predicted octanol–water partition coefficient (Wildman–Crippen LogP) is 3.71. The molecule has 0 spiro atoms. The van der Waals surface area contributed by atoms with Crippen molar-refractivity contribution in [2.45, 2.75) is 19.8 Å². The maximum Gasteiger partial charge on any atom is 0.257 e. The summed E-state index contributed by atoms with van der Waals surface area (Å²) in [5, 5.41) is 1.02. The van der Waals surface area contributed by atoms with Crippen LogP contribution in [-0.2, 0) is 0 Å². The molecule has 0 N–H and O–H groups in total. The number of hydrogen-bond donors (Lipinski definition) is 0. The molecule has 3 nitrogen and oxygen atoms in total. The highest BCUT2D eigenvalue weighted by atomic mass is 16.4. The van der Waals surface area contributed by atoms with E-state index >= 15 is 0 Å². The van der Waals surface area contributed by atoms with Crippen molar-refractivity contribution in [2.75, 3.05) is 0 Å². The van der Waals surface area contributed by atoms with Crippen LogP contribution in [0.25, 0.3) is 16.9 Å². The smallest absolute Gasteiger partial charge is 0.257 e. The topological polar surface area (TPSA) is 35.1 Å². The number of rotatable bonds is 2. The van der Waals surface area contributed by atoms with Crippen LogP contribution in [0.15, 0.2) is 57.9 Å². The van der Waals surface area contributed by atoms with Crippen LogP contribution in [0.4, 0.5) is 0 Å². The molecule has 0 bridgehead atoms. The molecule has 96 valence electrons. The summed E-state index contributed by atoms with van der Waals surface area (Å²) < 4.78 is 7.24. The zero-order valence-electron chi connectivity index (χ0n) is 11.0. The van der Waals surface area contributed by atoms with Gasteiger partial charge < -0.3 is 4.42 Å². The number of hydrogen-bond acceptors (Lipinski definition) is 2. The fraction of sp³-hybridized carbons (Fsp3) is 0.188. The molecule has 0 saturated carbocycles. The van der Waals surface area contributed by atoms with Crippen molar-refractivity contribution in [1.82, 2.24) is 4.57 Å². The molecule has 0 fully saturated rings. The second-order valence-corrected chi connectivity index (χ2v) is 4.95. The average molecular weight is 253 g/mol. The summed E-state index contributed by atoms with van der Waals surface area (Å²) in [6.45, 7) is 4.31. The molecule has 0 atom stereocenters. The predicted molar refractivity (Wildman–Crippen MR) is 75.9 cm³/mol. The molecule has 19 heavy (non-hydrogen) atoms. The Labute approximate surface area is 111 Å². The van der Waals surface area contributed by atoms with Gasteiger partial charge in [0.25, 0.3) is 5.56 Å². The maximum absolute atomic E-state index is 11.8. The number of fused-ring (bicyclic) bond motifs is 1. The number of furan rings is 1. The van der Waals surface area contributed by atoms with E-state index in [1.807, 2.05) is 18.2 Å². The van der Waals surface area contributed by atoms with Crippen LogP contribution in [0.2, 0.25) is 0 Å². The largest absolute Gasteiger partial charge is 0.440 e. The Morgan fingerprint density at radius 3 is 2.68 bits per heavy atom. The van der Waals surface area contributed by atoms with Crippen LogP contribution in [0, 0.1) is 0 Å². The van der Waals surface area contributed by atoms with Crippen LogP contribution < -0.4 is 5.56 Å². The minimum absolute atomic E-state index is 0.0920. The van der Waals surface area contributed by atoms with Gasteiger partial charge in [0.15, 0.2) is 0 Å².